The minimum atomic E-state index is -0.638. The highest BCUT2D eigenvalue weighted by Crippen LogP contribution is 2.21. The molecule has 0 bridgehead atoms. The highest BCUT2D eigenvalue weighted by atomic mass is 16.6. The summed E-state index contributed by atoms with van der Waals surface area (Å²) < 4.78 is 17.3. The van der Waals surface area contributed by atoms with Gasteiger partial charge in [0.1, 0.15) is 17.9 Å². The van der Waals surface area contributed by atoms with Crippen molar-refractivity contribution in [3.8, 4) is 5.75 Å². The van der Waals surface area contributed by atoms with Crippen LogP contribution in [-0.4, -0.2) is 36.9 Å². The Kier molecular flexibility index (Phi) is 5.59. The zero-order valence-electron chi connectivity index (χ0n) is 12.5. The van der Waals surface area contributed by atoms with Gasteiger partial charge in [0, 0.05) is 6.61 Å². The molecule has 0 spiro atoms. The van der Waals surface area contributed by atoms with Crippen LogP contribution in [0.1, 0.15) is 26.7 Å². The molecule has 1 aliphatic heterocycles. The first-order valence-corrected chi connectivity index (χ1v) is 7.41. The van der Waals surface area contributed by atoms with Gasteiger partial charge in [-0.1, -0.05) is 25.1 Å². The molecule has 116 valence electrons. The standard InChI is InChI=1S/C16H23NO4/c1-3-14-15(21-12-7-5-4-6-8-12)11(2)20-16(18)13(17)9-10-19-14/h4-8,11,13-15H,3,9-10,17H2,1-2H3/t11-,13-,14+,15-/m0/s1. The minimum absolute atomic E-state index is 0.140. The number of cyclic esters (lactones) is 1. The number of nitrogens with two attached hydrogens (primary N) is 1. The van der Waals surface area contributed by atoms with Gasteiger partial charge >= 0.3 is 5.97 Å². The van der Waals surface area contributed by atoms with E-state index in [4.69, 9.17) is 19.9 Å². The van der Waals surface area contributed by atoms with Gasteiger partial charge in [-0.3, -0.25) is 4.79 Å². The van der Waals surface area contributed by atoms with Gasteiger partial charge in [0.05, 0.1) is 6.10 Å². The first kappa shape index (κ1) is 15.8. The van der Waals surface area contributed by atoms with Gasteiger partial charge in [-0.15, -0.1) is 0 Å². The number of ether oxygens (including phenoxy) is 3. The molecule has 2 rings (SSSR count). The summed E-state index contributed by atoms with van der Waals surface area (Å²) in [5.41, 5.74) is 5.77. The molecule has 1 aromatic rings. The topological polar surface area (TPSA) is 70.8 Å². The Hall–Kier alpha value is -1.59. The number of carbonyl (C=O) groups excluding carboxylic acids is 1. The largest absolute Gasteiger partial charge is 0.484 e. The third-order valence-corrected chi connectivity index (χ3v) is 3.61. The SMILES string of the molecule is CC[C@H]1OCC[C@H](N)C(=O)O[C@@H](C)[C@@H]1Oc1ccccc1. The predicted octanol–water partition coefficient (Wildman–Crippen LogP) is 1.89. The summed E-state index contributed by atoms with van der Waals surface area (Å²) in [7, 11) is 0. The summed E-state index contributed by atoms with van der Waals surface area (Å²) in [6.45, 7) is 4.27. The Bertz CT molecular complexity index is 451. The van der Waals surface area contributed by atoms with Crippen molar-refractivity contribution in [3.05, 3.63) is 30.3 Å². The summed E-state index contributed by atoms with van der Waals surface area (Å²) >= 11 is 0. The molecule has 0 aromatic heterocycles. The van der Waals surface area contributed by atoms with Crippen LogP contribution in [0.15, 0.2) is 30.3 Å². The normalized spacial score (nSPS) is 30.7. The highest BCUT2D eigenvalue weighted by molar-refractivity contribution is 5.75. The Morgan fingerprint density at radius 2 is 2.05 bits per heavy atom. The van der Waals surface area contributed by atoms with E-state index >= 15 is 0 Å². The van der Waals surface area contributed by atoms with Crippen molar-refractivity contribution in [2.45, 2.75) is 51.0 Å². The molecule has 2 N–H and O–H groups in total. The second-order valence-corrected chi connectivity index (χ2v) is 5.25. The molecule has 1 aromatic carbocycles. The molecule has 1 aliphatic rings. The van der Waals surface area contributed by atoms with Crippen molar-refractivity contribution >= 4 is 5.97 Å². The molecule has 0 amide bonds. The van der Waals surface area contributed by atoms with Crippen LogP contribution in [-0.2, 0) is 14.3 Å². The van der Waals surface area contributed by atoms with E-state index in [0.29, 0.717) is 13.0 Å². The van der Waals surface area contributed by atoms with Crippen molar-refractivity contribution in [1.82, 2.24) is 0 Å². The van der Waals surface area contributed by atoms with E-state index in [1.54, 1.807) is 0 Å². The first-order chi connectivity index (χ1) is 10.1. The Morgan fingerprint density at radius 1 is 1.33 bits per heavy atom. The lowest BCUT2D eigenvalue weighted by Gasteiger charge is -2.30. The maximum absolute atomic E-state index is 11.9. The zero-order chi connectivity index (χ0) is 15.2. The molecule has 1 fully saturated rings. The van der Waals surface area contributed by atoms with Gasteiger partial charge in [-0.2, -0.15) is 0 Å². The van der Waals surface area contributed by atoms with Crippen LogP contribution >= 0.6 is 0 Å². The number of hydrogen-bond donors (Lipinski definition) is 1. The molecular weight excluding hydrogens is 270 g/mol. The van der Waals surface area contributed by atoms with E-state index in [-0.39, 0.29) is 12.2 Å². The van der Waals surface area contributed by atoms with E-state index < -0.39 is 18.1 Å². The van der Waals surface area contributed by atoms with Crippen LogP contribution in [0.3, 0.4) is 0 Å². The molecule has 4 atom stereocenters. The molecule has 21 heavy (non-hydrogen) atoms. The number of carbonyl (C=O) groups is 1. The smallest absolute Gasteiger partial charge is 0.323 e. The van der Waals surface area contributed by atoms with Crippen molar-refractivity contribution in [3.63, 3.8) is 0 Å². The summed E-state index contributed by atoms with van der Waals surface area (Å²) in [5, 5.41) is 0. The van der Waals surface area contributed by atoms with Crippen molar-refractivity contribution in [2.24, 2.45) is 5.73 Å². The van der Waals surface area contributed by atoms with E-state index in [1.807, 2.05) is 44.2 Å². The van der Waals surface area contributed by atoms with Gasteiger partial charge in [0.15, 0.2) is 6.10 Å². The third-order valence-electron chi connectivity index (χ3n) is 3.61. The fourth-order valence-electron chi connectivity index (χ4n) is 2.38. The first-order valence-electron chi connectivity index (χ1n) is 7.41. The molecule has 0 unspecified atom stereocenters. The van der Waals surface area contributed by atoms with Crippen LogP contribution in [0.25, 0.3) is 0 Å². The molecule has 0 saturated carbocycles. The maximum atomic E-state index is 11.9. The second kappa shape index (κ2) is 7.43. The zero-order valence-corrected chi connectivity index (χ0v) is 12.5. The lowest BCUT2D eigenvalue weighted by atomic mass is 10.1. The van der Waals surface area contributed by atoms with E-state index in [9.17, 15) is 4.79 Å². The van der Waals surface area contributed by atoms with Gasteiger partial charge in [-0.25, -0.2) is 0 Å². The Balaban J connectivity index is 2.17. The van der Waals surface area contributed by atoms with Crippen LogP contribution in [0.2, 0.25) is 0 Å². The quantitative estimate of drug-likeness (QED) is 0.862. The summed E-state index contributed by atoms with van der Waals surface area (Å²) in [5.74, 6) is 0.334. The fourth-order valence-corrected chi connectivity index (χ4v) is 2.38. The summed E-state index contributed by atoms with van der Waals surface area (Å²) in [6, 6.07) is 8.84. The van der Waals surface area contributed by atoms with Gasteiger partial charge in [0.25, 0.3) is 0 Å². The molecule has 0 aliphatic carbocycles. The van der Waals surface area contributed by atoms with E-state index in [1.165, 1.54) is 0 Å². The van der Waals surface area contributed by atoms with Crippen molar-refractivity contribution in [2.75, 3.05) is 6.61 Å². The molecule has 0 radical (unpaired) electrons. The maximum Gasteiger partial charge on any atom is 0.323 e. The highest BCUT2D eigenvalue weighted by Gasteiger charge is 2.34. The van der Waals surface area contributed by atoms with Crippen molar-refractivity contribution < 1.29 is 19.0 Å². The average Bonchev–Trinajstić information content (AvgIpc) is 2.54. The molecular formula is C16H23NO4. The number of esters is 1. The third kappa shape index (κ3) is 4.19. The molecule has 5 nitrogen and oxygen atoms in total. The lowest BCUT2D eigenvalue weighted by Crippen LogP contribution is -2.44. The summed E-state index contributed by atoms with van der Waals surface area (Å²) in [6.07, 6.45) is 0.311. The van der Waals surface area contributed by atoms with Crippen LogP contribution in [0, 0.1) is 0 Å². The van der Waals surface area contributed by atoms with Crippen LogP contribution < -0.4 is 10.5 Å². The number of hydrogen-bond acceptors (Lipinski definition) is 5. The predicted molar refractivity (Wildman–Crippen MR) is 79.0 cm³/mol. The Morgan fingerprint density at radius 3 is 2.71 bits per heavy atom. The van der Waals surface area contributed by atoms with Gasteiger partial charge < -0.3 is 19.9 Å². The number of para-hydroxylation sites is 1. The van der Waals surface area contributed by atoms with Crippen molar-refractivity contribution in [1.29, 1.82) is 0 Å². The minimum Gasteiger partial charge on any atom is -0.484 e. The van der Waals surface area contributed by atoms with Gasteiger partial charge in [0.2, 0.25) is 0 Å². The number of rotatable bonds is 3. The van der Waals surface area contributed by atoms with E-state index in [2.05, 4.69) is 0 Å². The fraction of sp³-hybridized carbons (Fsp3) is 0.562. The molecule has 1 saturated heterocycles. The lowest BCUT2D eigenvalue weighted by molar-refractivity contribution is -0.156. The molecule has 1 heterocycles. The van der Waals surface area contributed by atoms with Crippen LogP contribution in [0.4, 0.5) is 0 Å². The number of benzene rings is 1. The monoisotopic (exact) mass is 293 g/mol. The van der Waals surface area contributed by atoms with E-state index in [0.717, 1.165) is 12.2 Å². The van der Waals surface area contributed by atoms with Crippen LogP contribution in [0.5, 0.6) is 5.75 Å². The summed E-state index contributed by atoms with van der Waals surface area (Å²) in [4.78, 5) is 11.9. The molecule has 5 heteroatoms. The Labute approximate surface area is 125 Å². The second-order valence-electron chi connectivity index (χ2n) is 5.25. The van der Waals surface area contributed by atoms with Gasteiger partial charge in [-0.05, 0) is 31.9 Å². The average molecular weight is 293 g/mol.